The fourth-order valence-corrected chi connectivity index (χ4v) is 3.04. The molecule has 2 unspecified atom stereocenters. The van der Waals surface area contributed by atoms with E-state index in [0.717, 1.165) is 32.0 Å². The average molecular weight is 234 g/mol. The largest absolute Gasteiger partial charge is 0.326 e. The van der Waals surface area contributed by atoms with E-state index in [2.05, 4.69) is 27.7 Å². The van der Waals surface area contributed by atoms with Gasteiger partial charge < -0.3 is 5.73 Å². The van der Waals surface area contributed by atoms with Gasteiger partial charge in [0.2, 0.25) is 0 Å². The highest BCUT2D eigenvalue weighted by Crippen LogP contribution is 2.40. The van der Waals surface area contributed by atoms with Gasteiger partial charge in [0.15, 0.2) is 0 Å². The maximum Gasteiger partial charge on any atom is 0.0673 e. The second kappa shape index (κ2) is 4.42. The lowest BCUT2D eigenvalue weighted by Gasteiger charge is -2.27. The average Bonchev–Trinajstić information content (AvgIpc) is 2.95. The van der Waals surface area contributed by atoms with Crippen molar-refractivity contribution in [1.29, 1.82) is 0 Å². The van der Waals surface area contributed by atoms with Crippen molar-refractivity contribution in [1.82, 2.24) is 14.7 Å². The lowest BCUT2D eigenvalue weighted by molar-refractivity contribution is 0.226. The molecule has 1 aromatic rings. The first-order valence-electron chi connectivity index (χ1n) is 6.84. The van der Waals surface area contributed by atoms with Crippen molar-refractivity contribution in [3.63, 3.8) is 0 Å². The lowest BCUT2D eigenvalue weighted by Crippen LogP contribution is -2.34. The van der Waals surface area contributed by atoms with Crippen LogP contribution in [0, 0.1) is 0 Å². The molecule has 1 aromatic heterocycles. The van der Waals surface area contributed by atoms with E-state index in [-0.39, 0.29) is 6.04 Å². The van der Waals surface area contributed by atoms with Gasteiger partial charge in [-0.2, -0.15) is 5.10 Å². The van der Waals surface area contributed by atoms with Gasteiger partial charge in [-0.1, -0.05) is 6.92 Å². The summed E-state index contributed by atoms with van der Waals surface area (Å²) < 4.78 is 2.14. The third-order valence-corrected chi connectivity index (χ3v) is 3.99. The maximum atomic E-state index is 6.31. The zero-order valence-corrected chi connectivity index (χ0v) is 10.5. The van der Waals surface area contributed by atoms with Gasteiger partial charge >= 0.3 is 0 Å². The summed E-state index contributed by atoms with van der Waals surface area (Å²) in [4.78, 5) is 2.60. The van der Waals surface area contributed by atoms with Crippen LogP contribution in [0.5, 0.6) is 0 Å². The molecular weight excluding hydrogens is 212 g/mol. The van der Waals surface area contributed by atoms with E-state index in [4.69, 9.17) is 5.73 Å². The first-order valence-corrected chi connectivity index (χ1v) is 6.84. The maximum absolute atomic E-state index is 6.31. The Morgan fingerprint density at radius 2 is 2.24 bits per heavy atom. The Bertz CT molecular complexity index is 383. The van der Waals surface area contributed by atoms with Crippen LogP contribution >= 0.6 is 0 Å². The van der Waals surface area contributed by atoms with E-state index in [1.165, 1.54) is 18.5 Å². The Morgan fingerprint density at radius 3 is 2.94 bits per heavy atom. The Labute approximate surface area is 103 Å². The molecule has 0 amide bonds. The lowest BCUT2D eigenvalue weighted by atomic mass is 10.1. The minimum absolute atomic E-state index is 0.280. The van der Waals surface area contributed by atoms with Gasteiger partial charge in [-0.25, -0.2) is 0 Å². The van der Waals surface area contributed by atoms with Crippen LogP contribution in [-0.2, 0) is 6.54 Å². The van der Waals surface area contributed by atoms with E-state index in [1.54, 1.807) is 0 Å². The van der Waals surface area contributed by atoms with Crippen LogP contribution in [0.15, 0.2) is 12.3 Å². The van der Waals surface area contributed by atoms with E-state index < -0.39 is 0 Å². The van der Waals surface area contributed by atoms with Crippen LogP contribution in [0.3, 0.4) is 0 Å². The van der Waals surface area contributed by atoms with E-state index in [0.29, 0.717) is 6.04 Å². The van der Waals surface area contributed by atoms with E-state index in [9.17, 15) is 0 Å². The van der Waals surface area contributed by atoms with Gasteiger partial charge in [0.1, 0.15) is 0 Å². The summed E-state index contributed by atoms with van der Waals surface area (Å²) in [6.45, 7) is 4.36. The number of aryl methyl sites for hydroxylation is 1. The number of likely N-dealkylation sites (tertiary alicyclic amines) is 1. The molecule has 4 nitrogen and oxygen atoms in total. The Kier molecular flexibility index (Phi) is 2.92. The van der Waals surface area contributed by atoms with Gasteiger partial charge in [0.05, 0.1) is 11.7 Å². The quantitative estimate of drug-likeness (QED) is 0.859. The van der Waals surface area contributed by atoms with Gasteiger partial charge in [0, 0.05) is 31.4 Å². The van der Waals surface area contributed by atoms with Gasteiger partial charge in [-0.15, -0.1) is 0 Å². The summed E-state index contributed by atoms with van der Waals surface area (Å²) in [6, 6.07) is 3.62. The van der Waals surface area contributed by atoms with Crippen LogP contribution in [0.4, 0.5) is 0 Å². The molecule has 3 rings (SSSR count). The van der Waals surface area contributed by atoms with Crippen molar-refractivity contribution in [3.8, 4) is 0 Å². The van der Waals surface area contributed by atoms with Crippen molar-refractivity contribution < 1.29 is 0 Å². The third-order valence-electron chi connectivity index (χ3n) is 3.99. The normalized spacial score (nSPS) is 30.0. The fourth-order valence-electron chi connectivity index (χ4n) is 3.04. The number of aromatic nitrogens is 2. The van der Waals surface area contributed by atoms with Crippen LogP contribution in [0.25, 0.3) is 0 Å². The number of hydrogen-bond acceptors (Lipinski definition) is 3. The highest BCUT2D eigenvalue weighted by atomic mass is 15.3. The molecule has 2 N–H and O–H groups in total. The molecule has 1 aliphatic heterocycles. The van der Waals surface area contributed by atoms with Crippen molar-refractivity contribution in [3.05, 3.63) is 18.0 Å². The smallest absolute Gasteiger partial charge is 0.0673 e. The molecule has 2 heterocycles. The monoisotopic (exact) mass is 234 g/mol. The molecule has 0 radical (unpaired) electrons. The Hall–Kier alpha value is -0.870. The van der Waals surface area contributed by atoms with Crippen LogP contribution in [0.1, 0.15) is 44.3 Å². The first kappa shape index (κ1) is 11.2. The predicted octanol–water partition coefficient (Wildman–Crippen LogP) is 1.53. The van der Waals surface area contributed by atoms with Gasteiger partial charge in [0.25, 0.3) is 0 Å². The summed E-state index contributed by atoms with van der Waals surface area (Å²) >= 11 is 0. The molecule has 2 atom stereocenters. The molecule has 2 fully saturated rings. The standard InChI is InChI=1S/C13H22N4/c1-2-8-17-12(5-7-15-17)13-11(14)6-9-16(13)10-3-4-10/h5,7,10-11,13H,2-4,6,8-9,14H2,1H3. The second-order valence-corrected chi connectivity index (χ2v) is 5.35. The van der Waals surface area contributed by atoms with E-state index >= 15 is 0 Å². The molecule has 0 aromatic carbocycles. The fraction of sp³-hybridized carbons (Fsp3) is 0.769. The molecule has 94 valence electrons. The second-order valence-electron chi connectivity index (χ2n) is 5.35. The highest BCUT2D eigenvalue weighted by Gasteiger charge is 2.42. The molecule has 1 saturated carbocycles. The Morgan fingerprint density at radius 1 is 1.41 bits per heavy atom. The molecular formula is C13H22N4. The number of nitrogens with zero attached hydrogens (tertiary/aromatic N) is 3. The Balaban J connectivity index is 1.86. The van der Waals surface area contributed by atoms with Crippen molar-refractivity contribution in [2.24, 2.45) is 5.73 Å². The summed E-state index contributed by atoms with van der Waals surface area (Å²) in [7, 11) is 0. The topological polar surface area (TPSA) is 47.1 Å². The molecule has 1 aliphatic carbocycles. The number of nitrogens with two attached hydrogens (primary N) is 1. The summed E-state index contributed by atoms with van der Waals surface area (Å²) in [5.41, 5.74) is 7.63. The predicted molar refractivity (Wildman–Crippen MR) is 67.6 cm³/mol. The molecule has 0 spiro atoms. The third kappa shape index (κ3) is 2.00. The minimum Gasteiger partial charge on any atom is -0.326 e. The summed E-state index contributed by atoms with van der Waals surface area (Å²) in [5, 5.41) is 4.43. The minimum atomic E-state index is 0.280. The van der Waals surface area contributed by atoms with E-state index in [1.807, 2.05) is 6.20 Å². The summed E-state index contributed by atoms with van der Waals surface area (Å²) in [5.74, 6) is 0. The molecule has 0 bridgehead atoms. The van der Waals surface area contributed by atoms with Gasteiger partial charge in [-0.3, -0.25) is 9.58 Å². The van der Waals surface area contributed by atoms with Crippen molar-refractivity contribution in [2.45, 2.75) is 57.3 Å². The first-order chi connectivity index (χ1) is 8.31. The zero-order valence-electron chi connectivity index (χ0n) is 10.5. The number of hydrogen-bond donors (Lipinski definition) is 1. The highest BCUT2D eigenvalue weighted by molar-refractivity contribution is 5.14. The molecule has 1 saturated heterocycles. The molecule has 4 heteroatoms. The summed E-state index contributed by atoms with van der Waals surface area (Å²) in [6.07, 6.45) is 6.87. The van der Waals surface area contributed by atoms with Crippen molar-refractivity contribution in [2.75, 3.05) is 6.54 Å². The van der Waals surface area contributed by atoms with Crippen LogP contribution in [0.2, 0.25) is 0 Å². The van der Waals surface area contributed by atoms with Crippen LogP contribution in [-0.4, -0.2) is 33.3 Å². The molecule has 17 heavy (non-hydrogen) atoms. The number of rotatable bonds is 4. The SMILES string of the molecule is CCCn1nccc1C1C(N)CCN1C1CC1. The zero-order chi connectivity index (χ0) is 11.8. The van der Waals surface area contributed by atoms with Crippen molar-refractivity contribution >= 4 is 0 Å². The van der Waals surface area contributed by atoms with Gasteiger partial charge in [-0.05, 0) is 31.7 Å². The molecule has 2 aliphatic rings. The van der Waals surface area contributed by atoms with Crippen LogP contribution < -0.4 is 5.73 Å².